The van der Waals surface area contributed by atoms with Gasteiger partial charge in [0.25, 0.3) is 0 Å². The van der Waals surface area contributed by atoms with E-state index in [2.05, 4.69) is 22.0 Å². The van der Waals surface area contributed by atoms with Crippen LogP contribution in [0, 0.1) is 0 Å². The first-order chi connectivity index (χ1) is 16.1. The SMILES string of the molecule is CN(C)c1ccc(-c2nc3c4c(ncn3n2)Oc2cc(O)ccc2[C@@H]4c2ccccc2)cc1. The van der Waals surface area contributed by atoms with Gasteiger partial charge in [0.1, 0.15) is 17.8 Å². The van der Waals surface area contributed by atoms with Crippen LogP contribution < -0.4 is 9.64 Å². The third kappa shape index (κ3) is 3.17. The van der Waals surface area contributed by atoms with Crippen LogP contribution in [-0.2, 0) is 0 Å². The molecule has 33 heavy (non-hydrogen) atoms. The molecule has 162 valence electrons. The van der Waals surface area contributed by atoms with Crippen molar-refractivity contribution in [3.8, 4) is 28.8 Å². The number of aromatic hydroxyl groups is 1. The summed E-state index contributed by atoms with van der Waals surface area (Å²) < 4.78 is 7.82. The monoisotopic (exact) mass is 435 g/mol. The summed E-state index contributed by atoms with van der Waals surface area (Å²) in [7, 11) is 4.02. The van der Waals surface area contributed by atoms with Gasteiger partial charge >= 0.3 is 0 Å². The standard InChI is InChI=1S/C26H21N5O2/c1-30(2)18-10-8-17(9-11-18)24-28-25-23-22(16-6-4-3-5-7-16)20-13-12-19(32)14-21(20)33-26(23)27-15-31(25)29-24/h3-15,22,32H,1-2H3/t22-/m0/s1. The molecule has 0 spiro atoms. The molecule has 3 heterocycles. The van der Waals surface area contributed by atoms with Crippen molar-refractivity contribution in [3.63, 3.8) is 0 Å². The smallest absolute Gasteiger partial charge is 0.228 e. The zero-order valence-electron chi connectivity index (χ0n) is 18.2. The van der Waals surface area contributed by atoms with E-state index in [0.717, 1.165) is 27.9 Å². The lowest BCUT2D eigenvalue weighted by atomic mass is 9.84. The Hall–Kier alpha value is -4.39. The number of phenolic OH excluding ortho intramolecular Hbond substituents is 1. The molecule has 1 atom stereocenters. The van der Waals surface area contributed by atoms with Crippen molar-refractivity contribution in [1.82, 2.24) is 19.6 Å². The maximum Gasteiger partial charge on any atom is 0.228 e. The van der Waals surface area contributed by atoms with E-state index >= 15 is 0 Å². The van der Waals surface area contributed by atoms with Crippen LogP contribution >= 0.6 is 0 Å². The molecule has 0 aliphatic carbocycles. The van der Waals surface area contributed by atoms with Gasteiger partial charge in [0, 0.05) is 42.9 Å². The molecule has 3 aromatic carbocycles. The van der Waals surface area contributed by atoms with Crippen molar-refractivity contribution in [2.75, 3.05) is 19.0 Å². The van der Waals surface area contributed by atoms with Crippen molar-refractivity contribution < 1.29 is 9.84 Å². The van der Waals surface area contributed by atoms with Crippen molar-refractivity contribution in [3.05, 3.63) is 95.8 Å². The number of hydrogen-bond acceptors (Lipinski definition) is 6. The lowest BCUT2D eigenvalue weighted by Crippen LogP contribution is -2.14. The molecule has 6 rings (SSSR count). The highest BCUT2D eigenvalue weighted by atomic mass is 16.5. The molecular weight excluding hydrogens is 414 g/mol. The summed E-state index contributed by atoms with van der Waals surface area (Å²) >= 11 is 0. The Balaban J connectivity index is 1.55. The highest BCUT2D eigenvalue weighted by Crippen LogP contribution is 2.48. The summed E-state index contributed by atoms with van der Waals surface area (Å²) in [6, 6.07) is 23.5. The molecule has 1 aliphatic rings. The van der Waals surface area contributed by atoms with Crippen LogP contribution in [-0.4, -0.2) is 38.8 Å². The zero-order chi connectivity index (χ0) is 22.5. The lowest BCUT2D eigenvalue weighted by Gasteiger charge is -2.27. The summed E-state index contributed by atoms with van der Waals surface area (Å²) in [6.45, 7) is 0. The fourth-order valence-electron chi connectivity index (χ4n) is 4.33. The molecule has 5 aromatic rings. The summed E-state index contributed by atoms with van der Waals surface area (Å²) in [4.78, 5) is 11.5. The van der Waals surface area contributed by atoms with Gasteiger partial charge in [0.05, 0.1) is 5.56 Å². The number of hydrogen-bond donors (Lipinski definition) is 1. The molecule has 0 amide bonds. The van der Waals surface area contributed by atoms with Crippen LogP contribution in [0.25, 0.3) is 17.0 Å². The predicted octanol–water partition coefficient (Wildman–Crippen LogP) is 4.85. The second-order valence-electron chi connectivity index (χ2n) is 8.28. The normalized spacial score (nSPS) is 14.4. The Morgan fingerprint density at radius 2 is 1.76 bits per heavy atom. The molecular formula is C26H21N5O2. The van der Waals surface area contributed by atoms with Crippen LogP contribution in [0.15, 0.2) is 79.1 Å². The number of fused-ring (bicyclic) bond motifs is 4. The number of rotatable bonds is 3. The fraction of sp³-hybridized carbons (Fsp3) is 0.115. The Kier molecular flexibility index (Phi) is 4.29. The zero-order valence-corrected chi connectivity index (χ0v) is 18.2. The molecule has 0 unspecified atom stereocenters. The second kappa shape index (κ2) is 7.34. The van der Waals surface area contributed by atoms with E-state index in [1.54, 1.807) is 23.0 Å². The van der Waals surface area contributed by atoms with Crippen LogP contribution in [0.2, 0.25) is 0 Å². The van der Waals surface area contributed by atoms with E-state index < -0.39 is 0 Å². The minimum atomic E-state index is -0.157. The van der Waals surface area contributed by atoms with E-state index in [-0.39, 0.29) is 11.7 Å². The van der Waals surface area contributed by atoms with Crippen LogP contribution in [0.5, 0.6) is 17.4 Å². The average molecular weight is 435 g/mol. The van der Waals surface area contributed by atoms with Gasteiger partial charge in [-0.2, -0.15) is 0 Å². The summed E-state index contributed by atoms with van der Waals surface area (Å²) in [5, 5.41) is 14.7. The largest absolute Gasteiger partial charge is 0.508 e. The Labute approximate surface area is 190 Å². The fourth-order valence-corrected chi connectivity index (χ4v) is 4.33. The van der Waals surface area contributed by atoms with Crippen molar-refractivity contribution in [2.24, 2.45) is 0 Å². The van der Waals surface area contributed by atoms with E-state index in [1.165, 1.54) is 0 Å². The van der Waals surface area contributed by atoms with Crippen molar-refractivity contribution in [1.29, 1.82) is 0 Å². The van der Waals surface area contributed by atoms with Gasteiger partial charge in [-0.05, 0) is 35.9 Å². The summed E-state index contributed by atoms with van der Waals surface area (Å²) in [5.41, 5.74) is 5.62. The van der Waals surface area contributed by atoms with Gasteiger partial charge in [0.2, 0.25) is 5.88 Å². The predicted molar refractivity (Wildman–Crippen MR) is 126 cm³/mol. The molecule has 1 aliphatic heterocycles. The van der Waals surface area contributed by atoms with Crippen LogP contribution in [0.1, 0.15) is 22.6 Å². The lowest BCUT2D eigenvalue weighted by molar-refractivity contribution is 0.422. The molecule has 0 fully saturated rings. The van der Waals surface area contributed by atoms with Crippen molar-refractivity contribution >= 4 is 11.3 Å². The number of benzene rings is 3. The van der Waals surface area contributed by atoms with E-state index in [1.807, 2.05) is 62.6 Å². The first kappa shape index (κ1) is 19.3. The van der Waals surface area contributed by atoms with Crippen LogP contribution in [0.3, 0.4) is 0 Å². The number of phenols is 1. The molecule has 0 bridgehead atoms. The highest BCUT2D eigenvalue weighted by Gasteiger charge is 2.33. The maximum absolute atomic E-state index is 10.0. The number of nitrogens with zero attached hydrogens (tertiary/aromatic N) is 5. The summed E-state index contributed by atoms with van der Waals surface area (Å²) in [6.07, 6.45) is 1.62. The van der Waals surface area contributed by atoms with Gasteiger partial charge < -0.3 is 14.7 Å². The number of aromatic nitrogens is 4. The van der Waals surface area contributed by atoms with E-state index in [9.17, 15) is 5.11 Å². The van der Waals surface area contributed by atoms with Crippen molar-refractivity contribution in [2.45, 2.75) is 5.92 Å². The second-order valence-corrected chi connectivity index (χ2v) is 8.28. The first-order valence-corrected chi connectivity index (χ1v) is 10.7. The number of anilines is 1. The Morgan fingerprint density at radius 3 is 2.52 bits per heavy atom. The molecule has 0 saturated heterocycles. The van der Waals surface area contributed by atoms with E-state index in [4.69, 9.17) is 14.8 Å². The molecule has 2 aromatic heterocycles. The highest BCUT2D eigenvalue weighted by molar-refractivity contribution is 5.69. The topological polar surface area (TPSA) is 75.8 Å². The minimum Gasteiger partial charge on any atom is -0.508 e. The molecule has 7 nitrogen and oxygen atoms in total. The average Bonchev–Trinajstić information content (AvgIpc) is 3.28. The third-order valence-electron chi connectivity index (χ3n) is 5.97. The maximum atomic E-state index is 10.0. The third-order valence-corrected chi connectivity index (χ3v) is 5.97. The van der Waals surface area contributed by atoms with Gasteiger partial charge in [-0.1, -0.05) is 36.4 Å². The first-order valence-electron chi connectivity index (χ1n) is 10.7. The van der Waals surface area contributed by atoms with Crippen LogP contribution in [0.4, 0.5) is 5.69 Å². The van der Waals surface area contributed by atoms with E-state index in [0.29, 0.717) is 23.1 Å². The molecule has 0 radical (unpaired) electrons. The van der Waals surface area contributed by atoms with Gasteiger partial charge in [-0.25, -0.2) is 14.5 Å². The van der Waals surface area contributed by atoms with Gasteiger partial charge in [-0.15, -0.1) is 5.10 Å². The minimum absolute atomic E-state index is 0.149. The molecule has 1 N–H and O–H groups in total. The Morgan fingerprint density at radius 1 is 0.970 bits per heavy atom. The quantitative estimate of drug-likeness (QED) is 0.428. The Bertz CT molecular complexity index is 1480. The summed E-state index contributed by atoms with van der Waals surface area (Å²) in [5.74, 6) is 1.67. The molecule has 0 saturated carbocycles. The number of ether oxygens (including phenoxy) is 1. The van der Waals surface area contributed by atoms with Gasteiger partial charge in [0.15, 0.2) is 11.5 Å². The van der Waals surface area contributed by atoms with Gasteiger partial charge in [-0.3, -0.25) is 0 Å². The molecule has 7 heteroatoms.